The molecule has 0 aromatic heterocycles. The van der Waals surface area contributed by atoms with Crippen LogP contribution >= 0.6 is 15.9 Å². The Hall–Kier alpha value is -0.870. The first-order chi connectivity index (χ1) is 6.49. The number of aromatic hydroxyl groups is 1. The highest BCUT2D eigenvalue weighted by atomic mass is 79.9. The molecule has 0 aliphatic rings. The summed E-state index contributed by atoms with van der Waals surface area (Å²) in [7, 11) is 0. The molecule has 0 saturated carbocycles. The van der Waals surface area contributed by atoms with E-state index in [0.29, 0.717) is 11.1 Å². The van der Waals surface area contributed by atoms with E-state index in [1.165, 1.54) is 0 Å². The summed E-state index contributed by atoms with van der Waals surface area (Å²) in [6.45, 7) is 3.43. The van der Waals surface area contributed by atoms with Crippen LogP contribution in [0.25, 0.3) is 0 Å². The molecule has 14 heavy (non-hydrogen) atoms. The van der Waals surface area contributed by atoms with Gasteiger partial charge in [-0.25, -0.2) is 0 Å². The Kier molecular flexibility index (Phi) is 3.29. The number of phenolic OH excluding ortho intramolecular Hbond substituents is 1. The Morgan fingerprint density at radius 2 is 2.14 bits per heavy atom. The van der Waals surface area contributed by atoms with Gasteiger partial charge in [0.15, 0.2) is 5.78 Å². The molecule has 3 N–H and O–H groups in total. The lowest BCUT2D eigenvalue weighted by molar-refractivity contribution is 0.0998. The van der Waals surface area contributed by atoms with Crippen LogP contribution < -0.4 is 5.73 Å². The molecule has 1 rings (SSSR count). The number of carbonyl (C=O) groups is 1. The number of Topliss-reactive ketones (excluding diaryl/α,β-unsaturated/α-hetero) is 1. The van der Waals surface area contributed by atoms with Crippen LogP contribution in [0.3, 0.4) is 0 Å². The zero-order valence-corrected chi connectivity index (χ0v) is 9.68. The summed E-state index contributed by atoms with van der Waals surface area (Å²) >= 11 is 3.30. The summed E-state index contributed by atoms with van der Waals surface area (Å²) < 4.78 is 0.793. The van der Waals surface area contributed by atoms with Gasteiger partial charge in [0.05, 0.1) is 12.1 Å². The number of rotatable bonds is 2. The predicted octanol–water partition coefficient (Wildman–Crippen LogP) is 1.91. The van der Waals surface area contributed by atoms with E-state index in [-0.39, 0.29) is 18.1 Å². The lowest BCUT2D eigenvalue weighted by atomic mass is 10.0. The monoisotopic (exact) mass is 257 g/mol. The van der Waals surface area contributed by atoms with E-state index < -0.39 is 0 Å². The van der Waals surface area contributed by atoms with Gasteiger partial charge in [-0.15, -0.1) is 0 Å². The van der Waals surface area contributed by atoms with Gasteiger partial charge in [-0.1, -0.05) is 15.9 Å². The molecule has 3 nitrogen and oxygen atoms in total. The van der Waals surface area contributed by atoms with Crippen molar-refractivity contribution in [2.75, 3.05) is 6.54 Å². The Labute approximate surface area is 91.1 Å². The average molecular weight is 258 g/mol. The first-order valence-corrected chi connectivity index (χ1v) is 5.00. The van der Waals surface area contributed by atoms with Gasteiger partial charge in [-0.2, -0.15) is 0 Å². The fourth-order valence-corrected chi connectivity index (χ4v) is 1.84. The maximum absolute atomic E-state index is 11.4. The number of phenols is 1. The minimum Gasteiger partial charge on any atom is -0.507 e. The van der Waals surface area contributed by atoms with Crippen molar-refractivity contribution >= 4 is 21.7 Å². The number of nitrogens with two attached hydrogens (primary N) is 1. The zero-order valence-electron chi connectivity index (χ0n) is 8.10. The zero-order chi connectivity index (χ0) is 10.9. The van der Waals surface area contributed by atoms with Crippen molar-refractivity contribution in [3.63, 3.8) is 0 Å². The van der Waals surface area contributed by atoms with Gasteiger partial charge in [0.2, 0.25) is 0 Å². The quantitative estimate of drug-likeness (QED) is 0.796. The Balaban J connectivity index is 3.44. The van der Waals surface area contributed by atoms with Crippen molar-refractivity contribution in [2.24, 2.45) is 5.73 Å². The molecule has 76 valence electrons. The van der Waals surface area contributed by atoms with Crippen LogP contribution in [-0.2, 0) is 0 Å². The van der Waals surface area contributed by atoms with Gasteiger partial charge < -0.3 is 10.8 Å². The van der Waals surface area contributed by atoms with Crippen molar-refractivity contribution in [2.45, 2.75) is 13.8 Å². The maximum Gasteiger partial charge on any atom is 0.180 e. The second kappa shape index (κ2) is 4.11. The van der Waals surface area contributed by atoms with Crippen LogP contribution in [0, 0.1) is 13.8 Å². The lowest BCUT2D eigenvalue weighted by Crippen LogP contribution is -2.15. The smallest absolute Gasteiger partial charge is 0.180 e. The lowest BCUT2D eigenvalue weighted by Gasteiger charge is -2.10. The molecule has 0 saturated heterocycles. The molecular weight excluding hydrogens is 246 g/mol. The molecule has 0 amide bonds. The number of carbonyl (C=O) groups excluding carboxylic acids is 1. The standard InChI is InChI=1S/C10H12BrNO2/c1-5-3-7(11)6(2)10(14)9(5)8(13)4-12/h3,14H,4,12H2,1-2H3. The molecule has 1 aromatic rings. The molecule has 0 unspecified atom stereocenters. The van der Waals surface area contributed by atoms with E-state index in [4.69, 9.17) is 5.73 Å². The summed E-state index contributed by atoms with van der Waals surface area (Å²) in [6, 6.07) is 1.80. The van der Waals surface area contributed by atoms with Crippen molar-refractivity contribution in [3.05, 3.63) is 27.2 Å². The second-order valence-corrected chi connectivity index (χ2v) is 4.01. The number of hydrogen-bond donors (Lipinski definition) is 2. The summed E-state index contributed by atoms with van der Waals surface area (Å²) in [5.41, 5.74) is 6.98. The number of ketones is 1. The Morgan fingerprint density at radius 1 is 1.57 bits per heavy atom. The van der Waals surface area contributed by atoms with Gasteiger partial charge in [0, 0.05) is 10.0 Å². The van der Waals surface area contributed by atoms with Crippen LogP contribution in [0.4, 0.5) is 0 Å². The molecule has 1 aromatic carbocycles. The number of aryl methyl sites for hydroxylation is 1. The van der Waals surface area contributed by atoms with Crippen LogP contribution in [0.1, 0.15) is 21.5 Å². The van der Waals surface area contributed by atoms with E-state index >= 15 is 0 Å². The molecule has 0 bridgehead atoms. The molecular formula is C10H12BrNO2. The highest BCUT2D eigenvalue weighted by molar-refractivity contribution is 9.10. The van der Waals surface area contributed by atoms with Gasteiger partial charge in [-0.05, 0) is 25.5 Å². The van der Waals surface area contributed by atoms with E-state index in [2.05, 4.69) is 15.9 Å². The molecule has 0 spiro atoms. The molecule has 0 aliphatic heterocycles. The van der Waals surface area contributed by atoms with Gasteiger partial charge >= 0.3 is 0 Å². The molecule has 0 aliphatic carbocycles. The summed E-state index contributed by atoms with van der Waals surface area (Å²) in [5, 5.41) is 9.75. The third kappa shape index (κ3) is 1.81. The summed E-state index contributed by atoms with van der Waals surface area (Å²) in [6.07, 6.45) is 0. The highest BCUT2D eigenvalue weighted by Crippen LogP contribution is 2.31. The highest BCUT2D eigenvalue weighted by Gasteiger charge is 2.16. The minimum absolute atomic E-state index is 0.0207. The number of benzene rings is 1. The Morgan fingerprint density at radius 3 is 2.64 bits per heavy atom. The first kappa shape index (κ1) is 11.2. The van der Waals surface area contributed by atoms with E-state index in [1.807, 2.05) is 0 Å². The second-order valence-electron chi connectivity index (χ2n) is 3.15. The fourth-order valence-electron chi connectivity index (χ4n) is 1.31. The largest absolute Gasteiger partial charge is 0.507 e. The van der Waals surface area contributed by atoms with E-state index in [9.17, 15) is 9.90 Å². The van der Waals surface area contributed by atoms with Gasteiger partial charge in [0.25, 0.3) is 0 Å². The van der Waals surface area contributed by atoms with Gasteiger partial charge in [0.1, 0.15) is 5.75 Å². The molecule has 4 heteroatoms. The van der Waals surface area contributed by atoms with Crippen LogP contribution in [-0.4, -0.2) is 17.4 Å². The van der Waals surface area contributed by atoms with Crippen LogP contribution in [0.15, 0.2) is 10.5 Å². The van der Waals surface area contributed by atoms with Crippen molar-refractivity contribution < 1.29 is 9.90 Å². The van der Waals surface area contributed by atoms with Crippen molar-refractivity contribution in [3.8, 4) is 5.75 Å². The van der Waals surface area contributed by atoms with Crippen LogP contribution in [0.2, 0.25) is 0 Å². The molecule has 0 atom stereocenters. The number of hydrogen-bond acceptors (Lipinski definition) is 3. The van der Waals surface area contributed by atoms with E-state index in [1.54, 1.807) is 19.9 Å². The maximum atomic E-state index is 11.4. The van der Waals surface area contributed by atoms with Gasteiger partial charge in [-0.3, -0.25) is 4.79 Å². The molecule has 0 radical (unpaired) electrons. The summed E-state index contributed by atoms with van der Waals surface area (Å²) in [5.74, 6) is -0.220. The minimum atomic E-state index is -0.240. The average Bonchev–Trinajstić information content (AvgIpc) is 2.14. The molecule has 0 fully saturated rings. The van der Waals surface area contributed by atoms with Crippen molar-refractivity contribution in [1.29, 1.82) is 0 Å². The molecule has 0 heterocycles. The SMILES string of the molecule is Cc1cc(Br)c(C)c(O)c1C(=O)CN. The fraction of sp³-hybridized carbons (Fsp3) is 0.300. The summed E-state index contributed by atoms with van der Waals surface area (Å²) in [4.78, 5) is 11.4. The third-order valence-corrected chi connectivity index (χ3v) is 2.98. The number of halogens is 1. The van der Waals surface area contributed by atoms with Crippen molar-refractivity contribution in [1.82, 2.24) is 0 Å². The topological polar surface area (TPSA) is 63.3 Å². The predicted molar refractivity (Wildman–Crippen MR) is 58.7 cm³/mol. The normalized spacial score (nSPS) is 10.3. The van der Waals surface area contributed by atoms with E-state index in [0.717, 1.165) is 10.0 Å². The van der Waals surface area contributed by atoms with Crippen LogP contribution in [0.5, 0.6) is 5.75 Å². The Bertz CT molecular complexity index is 388. The first-order valence-electron chi connectivity index (χ1n) is 4.21. The third-order valence-electron chi connectivity index (χ3n) is 2.15.